The minimum absolute atomic E-state index is 0.132. The Bertz CT molecular complexity index is 959. The average molecular weight is 419 g/mol. The van der Waals surface area contributed by atoms with Gasteiger partial charge in [-0.15, -0.1) is 0 Å². The molecule has 31 heavy (non-hydrogen) atoms. The third-order valence-corrected chi connectivity index (χ3v) is 4.93. The highest BCUT2D eigenvalue weighted by Crippen LogP contribution is 2.15. The van der Waals surface area contributed by atoms with E-state index in [2.05, 4.69) is 25.2 Å². The molecular weight excluding hydrogens is 394 g/mol. The van der Waals surface area contributed by atoms with Crippen molar-refractivity contribution in [2.75, 3.05) is 39.5 Å². The van der Waals surface area contributed by atoms with Crippen molar-refractivity contribution in [3.63, 3.8) is 0 Å². The zero-order chi connectivity index (χ0) is 21.3. The highest BCUT2D eigenvalue weighted by Gasteiger charge is 2.11. The first-order valence-electron chi connectivity index (χ1n) is 10.3. The molecule has 1 aliphatic heterocycles. The van der Waals surface area contributed by atoms with Crippen LogP contribution < -0.4 is 10.1 Å². The summed E-state index contributed by atoms with van der Waals surface area (Å²) in [6.07, 6.45) is 5.06. The lowest BCUT2D eigenvalue weighted by atomic mass is 10.1. The van der Waals surface area contributed by atoms with Gasteiger partial charge < -0.3 is 14.8 Å². The Balaban J connectivity index is 1.19. The normalized spacial score (nSPS) is 14.2. The van der Waals surface area contributed by atoms with Crippen LogP contribution in [0.1, 0.15) is 15.9 Å². The zero-order valence-corrected chi connectivity index (χ0v) is 17.2. The van der Waals surface area contributed by atoms with Crippen LogP contribution in [0.2, 0.25) is 0 Å². The smallest absolute Gasteiger partial charge is 0.316 e. The van der Waals surface area contributed by atoms with E-state index in [1.165, 1.54) is 5.56 Å². The van der Waals surface area contributed by atoms with Crippen LogP contribution in [-0.4, -0.2) is 65.2 Å². The van der Waals surface area contributed by atoms with Crippen LogP contribution in [-0.2, 0) is 11.3 Å². The van der Waals surface area contributed by atoms with E-state index >= 15 is 0 Å². The monoisotopic (exact) mass is 419 g/mol. The number of morpholine rings is 1. The molecule has 0 unspecified atom stereocenters. The Morgan fingerprint density at radius 3 is 2.52 bits per heavy atom. The van der Waals surface area contributed by atoms with Gasteiger partial charge >= 0.3 is 6.01 Å². The van der Waals surface area contributed by atoms with Gasteiger partial charge in [0, 0.05) is 49.4 Å². The summed E-state index contributed by atoms with van der Waals surface area (Å²) in [5.41, 5.74) is 3.44. The summed E-state index contributed by atoms with van der Waals surface area (Å²) < 4.78 is 10.9. The van der Waals surface area contributed by atoms with Crippen molar-refractivity contribution < 1.29 is 14.3 Å². The highest BCUT2D eigenvalue weighted by atomic mass is 16.5. The Labute approximate surface area is 181 Å². The lowest BCUT2D eigenvalue weighted by Gasteiger charge is -2.26. The number of hydrogen-bond acceptors (Lipinski definition) is 7. The lowest BCUT2D eigenvalue weighted by molar-refractivity contribution is 0.0342. The lowest BCUT2D eigenvalue weighted by Crippen LogP contribution is -2.35. The van der Waals surface area contributed by atoms with Gasteiger partial charge in [-0.05, 0) is 29.8 Å². The summed E-state index contributed by atoms with van der Waals surface area (Å²) in [7, 11) is 0. The maximum Gasteiger partial charge on any atom is 0.316 e. The molecule has 3 heterocycles. The maximum atomic E-state index is 12.3. The summed E-state index contributed by atoms with van der Waals surface area (Å²) in [4.78, 5) is 27.3. The number of aromatic nitrogens is 3. The number of amides is 1. The number of hydrogen-bond donors (Lipinski definition) is 1. The molecule has 1 aliphatic rings. The molecule has 0 spiro atoms. The second kappa shape index (κ2) is 10.6. The van der Waals surface area contributed by atoms with Crippen molar-refractivity contribution in [2.45, 2.75) is 6.54 Å². The predicted molar refractivity (Wildman–Crippen MR) is 116 cm³/mol. The minimum Gasteiger partial charge on any atom is -0.462 e. The fourth-order valence-electron chi connectivity index (χ4n) is 3.24. The maximum absolute atomic E-state index is 12.3. The van der Waals surface area contributed by atoms with Gasteiger partial charge in [-0.3, -0.25) is 14.7 Å². The van der Waals surface area contributed by atoms with Crippen LogP contribution in [0.5, 0.6) is 6.01 Å². The van der Waals surface area contributed by atoms with E-state index < -0.39 is 0 Å². The molecule has 0 atom stereocenters. The molecule has 8 heteroatoms. The number of benzene rings is 1. The molecule has 4 rings (SSSR count). The highest BCUT2D eigenvalue weighted by molar-refractivity contribution is 5.94. The molecule has 1 aromatic carbocycles. The topological polar surface area (TPSA) is 89.5 Å². The van der Waals surface area contributed by atoms with Gasteiger partial charge in [0.05, 0.1) is 25.5 Å². The molecule has 0 saturated carbocycles. The van der Waals surface area contributed by atoms with Crippen molar-refractivity contribution in [1.82, 2.24) is 25.2 Å². The molecule has 1 amide bonds. The summed E-state index contributed by atoms with van der Waals surface area (Å²) in [5, 5.41) is 2.85. The van der Waals surface area contributed by atoms with Gasteiger partial charge in [0.1, 0.15) is 6.61 Å². The Hall–Kier alpha value is -3.36. The number of nitrogens with zero attached hydrogens (tertiary/aromatic N) is 4. The molecular formula is C23H25N5O3. The number of carbonyl (C=O) groups is 1. The van der Waals surface area contributed by atoms with Crippen LogP contribution in [0.4, 0.5) is 0 Å². The van der Waals surface area contributed by atoms with Gasteiger partial charge in [-0.2, -0.15) is 0 Å². The predicted octanol–water partition coefficient (Wildman–Crippen LogP) is 2.18. The minimum atomic E-state index is -0.132. The third kappa shape index (κ3) is 6.07. The van der Waals surface area contributed by atoms with Gasteiger partial charge in [-0.1, -0.05) is 18.2 Å². The average Bonchev–Trinajstić information content (AvgIpc) is 2.84. The van der Waals surface area contributed by atoms with Crippen LogP contribution in [0.15, 0.2) is 61.1 Å². The molecule has 0 radical (unpaired) electrons. The van der Waals surface area contributed by atoms with Crippen LogP contribution in [0.25, 0.3) is 11.3 Å². The standard InChI is InChI=1S/C23H25N5O3/c29-22(19-6-4-18(5-7-19)17-28-10-13-30-14-11-28)25-9-12-31-23-26-15-20(16-27-23)21-3-1-2-8-24-21/h1-8,15-16H,9-14,17H2,(H,25,29). The second-order valence-electron chi connectivity index (χ2n) is 7.16. The molecule has 1 fully saturated rings. The molecule has 8 nitrogen and oxygen atoms in total. The van der Waals surface area contributed by atoms with E-state index in [1.807, 2.05) is 42.5 Å². The number of carbonyl (C=O) groups excluding carboxylic acids is 1. The van der Waals surface area contributed by atoms with Crippen molar-refractivity contribution in [2.24, 2.45) is 0 Å². The van der Waals surface area contributed by atoms with Gasteiger partial charge in [0.25, 0.3) is 5.91 Å². The quantitative estimate of drug-likeness (QED) is 0.560. The summed E-state index contributed by atoms with van der Waals surface area (Å²) >= 11 is 0. The largest absolute Gasteiger partial charge is 0.462 e. The first kappa shape index (κ1) is 20.9. The number of pyridine rings is 1. The van der Waals surface area contributed by atoms with E-state index in [-0.39, 0.29) is 18.5 Å². The SMILES string of the molecule is O=C(NCCOc1ncc(-c2ccccn2)cn1)c1ccc(CN2CCOCC2)cc1. The summed E-state index contributed by atoms with van der Waals surface area (Å²) in [5.74, 6) is -0.132. The van der Waals surface area contributed by atoms with Crippen molar-refractivity contribution >= 4 is 5.91 Å². The van der Waals surface area contributed by atoms with E-state index in [1.54, 1.807) is 18.6 Å². The van der Waals surface area contributed by atoms with E-state index in [9.17, 15) is 4.79 Å². The molecule has 0 aliphatic carbocycles. The van der Waals surface area contributed by atoms with Crippen LogP contribution in [0, 0.1) is 0 Å². The van der Waals surface area contributed by atoms with E-state index in [4.69, 9.17) is 9.47 Å². The molecule has 1 N–H and O–H groups in total. The van der Waals surface area contributed by atoms with Gasteiger partial charge in [-0.25, -0.2) is 9.97 Å². The van der Waals surface area contributed by atoms with Crippen LogP contribution in [0.3, 0.4) is 0 Å². The van der Waals surface area contributed by atoms with E-state index in [0.717, 1.165) is 44.1 Å². The number of nitrogens with one attached hydrogen (secondary N) is 1. The Morgan fingerprint density at radius 1 is 1.03 bits per heavy atom. The Kier molecular flexibility index (Phi) is 7.15. The first-order chi connectivity index (χ1) is 15.3. The molecule has 0 bridgehead atoms. The molecule has 3 aromatic rings. The molecule has 2 aromatic heterocycles. The van der Waals surface area contributed by atoms with Gasteiger partial charge in [0.15, 0.2) is 0 Å². The van der Waals surface area contributed by atoms with Crippen LogP contribution >= 0.6 is 0 Å². The molecule has 160 valence electrons. The second-order valence-corrected chi connectivity index (χ2v) is 7.16. The first-order valence-corrected chi connectivity index (χ1v) is 10.3. The molecule has 1 saturated heterocycles. The van der Waals surface area contributed by atoms with Crippen molar-refractivity contribution in [1.29, 1.82) is 0 Å². The van der Waals surface area contributed by atoms with E-state index in [0.29, 0.717) is 12.1 Å². The zero-order valence-electron chi connectivity index (χ0n) is 17.2. The summed E-state index contributed by atoms with van der Waals surface area (Å²) in [6, 6.07) is 13.6. The fraction of sp³-hybridized carbons (Fsp3) is 0.304. The number of rotatable bonds is 8. The van der Waals surface area contributed by atoms with Gasteiger partial charge in [0.2, 0.25) is 0 Å². The fourth-order valence-corrected chi connectivity index (χ4v) is 3.24. The Morgan fingerprint density at radius 2 is 1.81 bits per heavy atom. The third-order valence-electron chi connectivity index (χ3n) is 4.93. The van der Waals surface area contributed by atoms with Crippen molar-refractivity contribution in [3.05, 3.63) is 72.2 Å². The van der Waals surface area contributed by atoms with Crippen molar-refractivity contribution in [3.8, 4) is 17.3 Å². The summed E-state index contributed by atoms with van der Waals surface area (Å²) in [6.45, 7) is 4.96. The number of ether oxygens (including phenoxy) is 2.